The molecular formula is C36H64O5. The smallest absolute Gasteiger partial charge is 0.110 e. The second kappa shape index (κ2) is 10.7. The minimum Gasteiger partial charge on any atom is -0.394 e. The van der Waals surface area contributed by atoms with E-state index in [1.807, 2.05) is 0 Å². The third-order valence-corrected chi connectivity index (χ3v) is 15.6. The summed E-state index contributed by atoms with van der Waals surface area (Å²) in [5, 5.41) is 50.3. The molecule has 5 saturated carbocycles. The van der Waals surface area contributed by atoms with Crippen LogP contribution in [0.3, 0.4) is 0 Å². The van der Waals surface area contributed by atoms with Gasteiger partial charge in [-0.2, -0.15) is 0 Å². The minimum absolute atomic E-state index is 0.224. The molecule has 0 aliphatic heterocycles. The Morgan fingerprint density at radius 1 is 0.659 bits per heavy atom. The van der Waals surface area contributed by atoms with E-state index in [0.717, 1.165) is 23.7 Å². The van der Waals surface area contributed by atoms with Crippen molar-refractivity contribution in [2.24, 2.45) is 68.5 Å². The fourth-order valence-electron chi connectivity index (χ4n) is 14.0. The number of rotatable bonds is 7. The molecule has 0 aromatic heterocycles. The van der Waals surface area contributed by atoms with Crippen LogP contribution in [0.5, 0.6) is 0 Å². The van der Waals surface area contributed by atoms with Crippen molar-refractivity contribution in [3.05, 3.63) is 0 Å². The lowest BCUT2D eigenvalue weighted by atomic mass is 9.31. The van der Waals surface area contributed by atoms with E-state index in [4.69, 9.17) is 5.11 Å². The van der Waals surface area contributed by atoms with Gasteiger partial charge in [0.25, 0.3) is 0 Å². The molecule has 5 aliphatic carbocycles. The summed E-state index contributed by atoms with van der Waals surface area (Å²) in [5.41, 5.74) is 1.94. The fourth-order valence-corrected chi connectivity index (χ4v) is 14.0. The van der Waals surface area contributed by atoms with Crippen molar-refractivity contribution in [3.63, 3.8) is 0 Å². The molecule has 15 atom stereocenters. The van der Waals surface area contributed by atoms with E-state index in [0.29, 0.717) is 45.3 Å². The first kappa shape index (κ1) is 32.2. The zero-order valence-electron chi connectivity index (χ0n) is 27.6. The minimum atomic E-state index is -1.54. The van der Waals surface area contributed by atoms with Gasteiger partial charge in [-0.1, -0.05) is 55.4 Å². The van der Waals surface area contributed by atoms with Crippen molar-refractivity contribution in [1.29, 1.82) is 0 Å². The molecule has 238 valence electrons. The summed E-state index contributed by atoms with van der Waals surface area (Å²) in [5.74, 6) is 4.56. The first-order chi connectivity index (χ1) is 19.0. The van der Waals surface area contributed by atoms with Gasteiger partial charge in [0.1, 0.15) is 18.3 Å². The molecule has 5 heteroatoms. The molecule has 0 aromatic carbocycles. The lowest BCUT2D eigenvalue weighted by Gasteiger charge is -2.73. The number of fused-ring (bicyclic) bond motifs is 7. The Balaban J connectivity index is 1.35. The van der Waals surface area contributed by atoms with Crippen LogP contribution in [0.25, 0.3) is 0 Å². The van der Waals surface area contributed by atoms with Gasteiger partial charge in [0.2, 0.25) is 0 Å². The van der Waals surface area contributed by atoms with Crippen molar-refractivity contribution >= 4 is 0 Å². The molecule has 5 aliphatic rings. The molecule has 0 heterocycles. The Kier molecular flexibility index (Phi) is 8.41. The van der Waals surface area contributed by atoms with Gasteiger partial charge in [0, 0.05) is 0 Å². The first-order valence-electron chi connectivity index (χ1n) is 17.3. The van der Waals surface area contributed by atoms with Crippen LogP contribution in [0.15, 0.2) is 0 Å². The van der Waals surface area contributed by atoms with Gasteiger partial charge < -0.3 is 25.5 Å². The highest BCUT2D eigenvalue weighted by atomic mass is 16.4. The van der Waals surface area contributed by atoms with Gasteiger partial charge in [0.05, 0.1) is 12.7 Å². The van der Waals surface area contributed by atoms with Crippen molar-refractivity contribution < 1.29 is 25.5 Å². The average molecular weight is 577 g/mol. The van der Waals surface area contributed by atoms with Crippen molar-refractivity contribution in [1.82, 2.24) is 0 Å². The van der Waals surface area contributed by atoms with Crippen LogP contribution in [-0.4, -0.2) is 56.6 Å². The largest absolute Gasteiger partial charge is 0.394 e. The van der Waals surface area contributed by atoms with Crippen molar-refractivity contribution in [3.8, 4) is 0 Å². The standard InChI is InChI=1S/C36H64O5/c1-21-18-32(3,4)27-13-16-36(8)29(34(27,6)19-21)10-9-28-33(5)14-11-23(24(33)12-15-35(28,36)7)22(2)17-25(38)30(40)31(41)26(39)20-37/h21-31,37-41H,9-20H2,1-8H3/t21-,22?,23?,24?,25+,26?,27?,28?,29?,30-,31?,33?,34+,35?,36-/m1/s1. The van der Waals surface area contributed by atoms with Crippen LogP contribution in [0.4, 0.5) is 0 Å². The summed E-state index contributed by atoms with van der Waals surface area (Å²) in [4.78, 5) is 0. The molecule has 5 N–H and O–H groups in total. The zero-order valence-corrected chi connectivity index (χ0v) is 27.6. The maximum atomic E-state index is 10.8. The highest BCUT2D eigenvalue weighted by Gasteiger charge is 2.70. The Morgan fingerprint density at radius 3 is 1.83 bits per heavy atom. The van der Waals surface area contributed by atoms with E-state index in [-0.39, 0.29) is 5.92 Å². The van der Waals surface area contributed by atoms with Crippen LogP contribution in [0.2, 0.25) is 0 Å². The van der Waals surface area contributed by atoms with Crippen LogP contribution >= 0.6 is 0 Å². The molecular weight excluding hydrogens is 512 g/mol. The Labute approximate surface area is 250 Å². The SMILES string of the molecule is CC(C[C@H](O)[C@@H](O)C(O)C(O)CO)C1CCC2(C)C1CCC1(C)C2CCC2[C@@]3(C)C[C@H](C)CC(C)(C)C3CC[C@]21C. The van der Waals surface area contributed by atoms with Gasteiger partial charge in [0.15, 0.2) is 0 Å². The third kappa shape index (κ3) is 4.72. The first-order valence-corrected chi connectivity index (χ1v) is 17.3. The predicted molar refractivity (Wildman–Crippen MR) is 164 cm³/mol. The van der Waals surface area contributed by atoms with Crippen molar-refractivity contribution in [2.75, 3.05) is 6.61 Å². The van der Waals surface area contributed by atoms with Crippen LogP contribution in [-0.2, 0) is 0 Å². The highest BCUT2D eigenvalue weighted by molar-refractivity contribution is 5.19. The lowest BCUT2D eigenvalue weighted by Crippen LogP contribution is -2.66. The van der Waals surface area contributed by atoms with Crippen LogP contribution < -0.4 is 0 Å². The molecule has 0 spiro atoms. The molecule has 0 amide bonds. The number of hydrogen-bond acceptors (Lipinski definition) is 5. The molecule has 5 rings (SSSR count). The second-order valence-electron chi connectivity index (χ2n) is 18.0. The summed E-state index contributed by atoms with van der Waals surface area (Å²) in [6.07, 6.45) is 8.12. The maximum Gasteiger partial charge on any atom is 0.110 e. The van der Waals surface area contributed by atoms with E-state index >= 15 is 0 Å². The monoisotopic (exact) mass is 576 g/mol. The quantitative estimate of drug-likeness (QED) is 0.249. The third-order valence-electron chi connectivity index (χ3n) is 15.6. The summed E-state index contributed by atoms with van der Waals surface area (Å²) < 4.78 is 0. The van der Waals surface area contributed by atoms with Gasteiger partial charge in [-0.3, -0.25) is 0 Å². The molecule has 5 fully saturated rings. The summed E-state index contributed by atoms with van der Waals surface area (Å²) >= 11 is 0. The Bertz CT molecular complexity index is 952. The van der Waals surface area contributed by atoms with E-state index < -0.39 is 31.0 Å². The van der Waals surface area contributed by atoms with E-state index in [1.54, 1.807) is 0 Å². The number of aliphatic hydroxyl groups excluding tert-OH is 5. The lowest BCUT2D eigenvalue weighted by molar-refractivity contribution is -0.245. The highest BCUT2D eigenvalue weighted by Crippen LogP contribution is 2.78. The Morgan fingerprint density at radius 2 is 1.22 bits per heavy atom. The second-order valence-corrected chi connectivity index (χ2v) is 18.0. The van der Waals surface area contributed by atoms with Crippen molar-refractivity contribution in [2.45, 2.75) is 150 Å². The average Bonchev–Trinajstić information content (AvgIpc) is 3.23. The molecule has 41 heavy (non-hydrogen) atoms. The Hall–Kier alpha value is -0.200. The molecule has 0 radical (unpaired) electrons. The van der Waals surface area contributed by atoms with Gasteiger partial charge >= 0.3 is 0 Å². The fraction of sp³-hybridized carbons (Fsp3) is 1.00. The van der Waals surface area contributed by atoms with Crippen LogP contribution in [0.1, 0.15) is 126 Å². The van der Waals surface area contributed by atoms with E-state index in [9.17, 15) is 20.4 Å². The normalized spacial score (nSPS) is 50.9. The van der Waals surface area contributed by atoms with Gasteiger partial charge in [-0.25, -0.2) is 0 Å². The zero-order chi connectivity index (χ0) is 30.3. The molecule has 0 aromatic rings. The molecule has 0 bridgehead atoms. The number of hydrogen-bond donors (Lipinski definition) is 5. The topological polar surface area (TPSA) is 101 Å². The molecule has 0 saturated heterocycles. The summed E-state index contributed by atoms with van der Waals surface area (Å²) in [6, 6.07) is 0. The van der Waals surface area contributed by atoms with Crippen LogP contribution in [0, 0.1) is 68.5 Å². The van der Waals surface area contributed by atoms with Gasteiger partial charge in [-0.05, 0) is 139 Å². The molecule has 10 unspecified atom stereocenters. The number of aliphatic hydroxyl groups is 5. The predicted octanol–water partition coefficient (Wildman–Crippen LogP) is 6.19. The summed E-state index contributed by atoms with van der Waals surface area (Å²) in [7, 11) is 0. The molecule has 5 nitrogen and oxygen atoms in total. The maximum absolute atomic E-state index is 10.8. The summed E-state index contributed by atoms with van der Waals surface area (Å²) in [6.45, 7) is 20.0. The van der Waals surface area contributed by atoms with E-state index in [2.05, 4.69) is 55.4 Å². The van der Waals surface area contributed by atoms with Gasteiger partial charge in [-0.15, -0.1) is 0 Å². The van der Waals surface area contributed by atoms with E-state index in [1.165, 1.54) is 64.2 Å².